The molecule has 0 radical (unpaired) electrons. The van der Waals surface area contributed by atoms with Crippen LogP contribution in [0.1, 0.15) is 51.9 Å². The van der Waals surface area contributed by atoms with Crippen molar-refractivity contribution in [2.45, 2.75) is 57.9 Å². The predicted octanol–water partition coefficient (Wildman–Crippen LogP) is 4.48. The Hall–Kier alpha value is -3.20. The molecule has 174 valence electrons. The number of anilines is 1. The molecule has 33 heavy (non-hydrogen) atoms. The van der Waals surface area contributed by atoms with Gasteiger partial charge >= 0.3 is 5.63 Å². The molecule has 0 spiro atoms. The van der Waals surface area contributed by atoms with Crippen LogP contribution in [0.15, 0.2) is 38.9 Å². The molecule has 0 unspecified atom stereocenters. The van der Waals surface area contributed by atoms with E-state index in [0.29, 0.717) is 34.3 Å². The summed E-state index contributed by atoms with van der Waals surface area (Å²) in [5.74, 6) is 0.121. The highest BCUT2D eigenvalue weighted by molar-refractivity contribution is 7.14. The van der Waals surface area contributed by atoms with Gasteiger partial charge in [-0.3, -0.25) is 9.59 Å². The summed E-state index contributed by atoms with van der Waals surface area (Å²) in [5.41, 5.74) is 0.586. The Kier molecular flexibility index (Phi) is 7.39. The first kappa shape index (κ1) is 23.0. The van der Waals surface area contributed by atoms with Crippen LogP contribution in [0, 0.1) is 0 Å². The summed E-state index contributed by atoms with van der Waals surface area (Å²) in [6.07, 6.45) is 5.73. The van der Waals surface area contributed by atoms with Gasteiger partial charge < -0.3 is 19.8 Å². The summed E-state index contributed by atoms with van der Waals surface area (Å²) in [4.78, 5) is 41.3. The van der Waals surface area contributed by atoms with Crippen molar-refractivity contribution >= 4 is 39.3 Å². The van der Waals surface area contributed by atoms with E-state index in [0.717, 1.165) is 31.1 Å². The highest BCUT2D eigenvalue weighted by Crippen LogP contribution is 2.29. The number of nitrogens with one attached hydrogen (secondary N) is 2. The van der Waals surface area contributed by atoms with Crippen LogP contribution in [0.2, 0.25) is 0 Å². The first-order valence-corrected chi connectivity index (χ1v) is 12.2. The standard InChI is InChI=1S/C24H27N3O5S/c1-2-31-19-10-6-7-15-13-17(23(30)32-22(15)19)18-14-33-24(26-18)27-21(29)12-11-20(28)25-16-8-4-3-5-9-16/h6-7,10,13-14,16H,2-5,8-9,11-12H2,1H3,(H,25,28)(H,26,27,29). The summed E-state index contributed by atoms with van der Waals surface area (Å²) in [6, 6.07) is 7.35. The van der Waals surface area contributed by atoms with Gasteiger partial charge in [-0.15, -0.1) is 11.3 Å². The minimum absolute atomic E-state index is 0.0752. The summed E-state index contributed by atoms with van der Waals surface area (Å²) in [6.45, 7) is 2.32. The van der Waals surface area contributed by atoms with E-state index in [2.05, 4.69) is 15.6 Å². The molecule has 0 saturated heterocycles. The molecule has 8 nitrogen and oxygen atoms in total. The van der Waals surface area contributed by atoms with Gasteiger partial charge in [-0.1, -0.05) is 31.4 Å². The third-order valence-corrected chi connectivity index (χ3v) is 6.36. The number of nitrogens with zero attached hydrogens (tertiary/aromatic N) is 1. The Morgan fingerprint density at radius 1 is 1.18 bits per heavy atom. The summed E-state index contributed by atoms with van der Waals surface area (Å²) < 4.78 is 11.0. The summed E-state index contributed by atoms with van der Waals surface area (Å²) in [5, 5.41) is 8.50. The largest absolute Gasteiger partial charge is 0.490 e. The molecule has 9 heteroatoms. The molecule has 2 N–H and O–H groups in total. The number of para-hydroxylation sites is 1. The van der Waals surface area contributed by atoms with Crippen molar-refractivity contribution in [3.63, 3.8) is 0 Å². The van der Waals surface area contributed by atoms with Crippen molar-refractivity contribution in [2.24, 2.45) is 0 Å². The molecule has 2 amide bonds. The number of benzene rings is 1. The summed E-state index contributed by atoms with van der Waals surface area (Å²) in [7, 11) is 0. The average Bonchev–Trinajstić information content (AvgIpc) is 3.27. The number of hydrogen-bond acceptors (Lipinski definition) is 7. The number of aromatic nitrogens is 1. The second kappa shape index (κ2) is 10.6. The number of ether oxygens (including phenoxy) is 1. The lowest BCUT2D eigenvalue weighted by Crippen LogP contribution is -2.36. The molecule has 0 aliphatic heterocycles. The number of carbonyl (C=O) groups excluding carboxylic acids is 2. The van der Waals surface area contributed by atoms with E-state index < -0.39 is 5.63 Å². The Balaban J connectivity index is 1.38. The average molecular weight is 470 g/mol. The van der Waals surface area contributed by atoms with Gasteiger partial charge in [0, 0.05) is 29.6 Å². The second-order valence-corrected chi connectivity index (χ2v) is 8.90. The van der Waals surface area contributed by atoms with Gasteiger partial charge in [0.05, 0.1) is 17.9 Å². The van der Waals surface area contributed by atoms with Gasteiger partial charge in [0.15, 0.2) is 16.5 Å². The van der Waals surface area contributed by atoms with Gasteiger partial charge in [0.1, 0.15) is 0 Å². The molecule has 1 aliphatic carbocycles. The zero-order chi connectivity index (χ0) is 23.2. The minimum atomic E-state index is -0.530. The molecular weight excluding hydrogens is 442 g/mol. The molecule has 0 bridgehead atoms. The molecule has 1 fully saturated rings. The molecular formula is C24H27N3O5S. The lowest BCUT2D eigenvalue weighted by atomic mass is 9.95. The number of fused-ring (bicyclic) bond motifs is 1. The SMILES string of the molecule is CCOc1cccc2cc(-c3csc(NC(=O)CCC(=O)NC4CCCCC4)n3)c(=O)oc12. The van der Waals surface area contributed by atoms with Crippen LogP contribution >= 0.6 is 11.3 Å². The van der Waals surface area contributed by atoms with Gasteiger partial charge in [0.2, 0.25) is 11.8 Å². The van der Waals surface area contributed by atoms with Crippen LogP contribution in [0.25, 0.3) is 22.2 Å². The first-order valence-electron chi connectivity index (χ1n) is 11.3. The molecule has 2 heterocycles. The number of carbonyl (C=O) groups is 2. The van der Waals surface area contributed by atoms with Gasteiger partial charge in [-0.25, -0.2) is 9.78 Å². The molecule has 2 aromatic heterocycles. The maximum atomic E-state index is 12.6. The topological polar surface area (TPSA) is 111 Å². The van der Waals surface area contributed by atoms with Crippen LogP contribution in [-0.4, -0.2) is 29.4 Å². The molecule has 0 atom stereocenters. The van der Waals surface area contributed by atoms with Crippen molar-refractivity contribution in [2.75, 3.05) is 11.9 Å². The van der Waals surface area contributed by atoms with Crippen molar-refractivity contribution in [3.05, 3.63) is 40.1 Å². The Morgan fingerprint density at radius 3 is 2.76 bits per heavy atom. The van der Waals surface area contributed by atoms with Gasteiger partial charge in [-0.05, 0) is 31.9 Å². The smallest absolute Gasteiger partial charge is 0.345 e. The normalized spacial score (nSPS) is 14.2. The molecule has 3 aromatic rings. The van der Waals surface area contributed by atoms with Crippen molar-refractivity contribution < 1.29 is 18.7 Å². The van der Waals surface area contributed by atoms with Crippen molar-refractivity contribution in [3.8, 4) is 17.0 Å². The van der Waals surface area contributed by atoms with Gasteiger partial charge in [-0.2, -0.15) is 0 Å². The zero-order valence-corrected chi connectivity index (χ0v) is 19.3. The van der Waals surface area contributed by atoms with Crippen molar-refractivity contribution in [1.29, 1.82) is 0 Å². The van der Waals surface area contributed by atoms with E-state index in [1.54, 1.807) is 17.5 Å². The van der Waals surface area contributed by atoms with Crippen molar-refractivity contribution in [1.82, 2.24) is 10.3 Å². The van der Waals surface area contributed by atoms with E-state index in [1.807, 2.05) is 19.1 Å². The Bertz CT molecular complexity index is 1200. The third-order valence-electron chi connectivity index (χ3n) is 5.60. The number of amides is 2. The van der Waals surface area contributed by atoms with E-state index in [1.165, 1.54) is 17.8 Å². The second-order valence-electron chi connectivity index (χ2n) is 8.04. The van der Waals surface area contributed by atoms with E-state index in [-0.39, 0.29) is 30.7 Å². The fourth-order valence-electron chi connectivity index (χ4n) is 3.98. The fourth-order valence-corrected chi connectivity index (χ4v) is 4.70. The summed E-state index contributed by atoms with van der Waals surface area (Å²) >= 11 is 1.21. The van der Waals surface area contributed by atoms with Crippen LogP contribution in [0.5, 0.6) is 5.75 Å². The predicted molar refractivity (Wildman–Crippen MR) is 128 cm³/mol. The highest BCUT2D eigenvalue weighted by Gasteiger charge is 2.18. The lowest BCUT2D eigenvalue weighted by Gasteiger charge is -2.22. The van der Waals surface area contributed by atoms with E-state index in [9.17, 15) is 14.4 Å². The van der Waals surface area contributed by atoms with Gasteiger partial charge in [0.25, 0.3) is 0 Å². The monoisotopic (exact) mass is 469 g/mol. The maximum absolute atomic E-state index is 12.6. The lowest BCUT2D eigenvalue weighted by molar-refractivity contribution is -0.125. The molecule has 1 aromatic carbocycles. The highest BCUT2D eigenvalue weighted by atomic mass is 32.1. The zero-order valence-electron chi connectivity index (χ0n) is 18.5. The fraction of sp³-hybridized carbons (Fsp3) is 0.417. The number of thiazole rings is 1. The number of hydrogen-bond donors (Lipinski definition) is 2. The Labute approximate surface area is 195 Å². The van der Waals surface area contributed by atoms with E-state index in [4.69, 9.17) is 9.15 Å². The minimum Gasteiger partial charge on any atom is -0.490 e. The molecule has 1 aliphatic rings. The van der Waals surface area contributed by atoms with Crippen LogP contribution in [0.3, 0.4) is 0 Å². The molecule has 1 saturated carbocycles. The Morgan fingerprint density at radius 2 is 1.97 bits per heavy atom. The van der Waals surface area contributed by atoms with Crippen LogP contribution < -0.4 is 21.0 Å². The number of rotatable bonds is 8. The maximum Gasteiger partial charge on any atom is 0.345 e. The molecule has 4 rings (SSSR count). The van der Waals surface area contributed by atoms with Crippen LogP contribution in [0.4, 0.5) is 5.13 Å². The first-order chi connectivity index (χ1) is 16.0. The van der Waals surface area contributed by atoms with Crippen LogP contribution in [-0.2, 0) is 9.59 Å². The third kappa shape index (κ3) is 5.78. The quantitative estimate of drug-likeness (QED) is 0.471. The van der Waals surface area contributed by atoms with E-state index >= 15 is 0 Å².